The van der Waals surface area contributed by atoms with E-state index in [0.717, 1.165) is 4.90 Å². The molecule has 86 valence electrons. The van der Waals surface area contributed by atoms with Crippen LogP contribution in [0.4, 0.5) is 0 Å². The third-order valence-electron chi connectivity index (χ3n) is 2.03. The molecule has 0 aromatic heterocycles. The van der Waals surface area contributed by atoms with Crippen LogP contribution in [0.5, 0.6) is 0 Å². The van der Waals surface area contributed by atoms with Crippen LogP contribution < -0.4 is 0 Å². The Balaban J connectivity index is 4.65. The number of likely N-dealkylation sites (N-methyl/N-ethyl adjacent to an activating group) is 1. The molecule has 0 aromatic rings. The normalized spacial score (nSPS) is 11.5. The van der Waals surface area contributed by atoms with Crippen molar-refractivity contribution in [3.63, 3.8) is 0 Å². The summed E-state index contributed by atoms with van der Waals surface area (Å²) < 4.78 is 8.91. The monoisotopic (exact) mass is 217 g/mol. The molecule has 0 radical (unpaired) electrons. The molecule has 0 aliphatic rings. The first-order valence-corrected chi connectivity index (χ1v) is 4.32. The zero-order chi connectivity index (χ0) is 12.0. The van der Waals surface area contributed by atoms with Crippen molar-refractivity contribution >= 4 is 17.8 Å². The predicted molar refractivity (Wildman–Crippen MR) is 50.9 cm³/mol. The van der Waals surface area contributed by atoms with Crippen molar-refractivity contribution in [1.29, 1.82) is 0 Å². The van der Waals surface area contributed by atoms with Crippen molar-refractivity contribution in [3.8, 4) is 0 Å². The molecule has 0 unspecified atom stereocenters. The second kappa shape index (κ2) is 6.00. The van der Waals surface area contributed by atoms with E-state index in [2.05, 4.69) is 9.47 Å². The number of ether oxygens (including phenoxy) is 2. The molecule has 6 heteroatoms. The minimum atomic E-state index is -0.931. The average molecular weight is 217 g/mol. The molecule has 0 aliphatic carbocycles. The van der Waals surface area contributed by atoms with Gasteiger partial charge in [0.25, 0.3) is 0 Å². The third-order valence-corrected chi connectivity index (χ3v) is 2.03. The highest BCUT2D eigenvalue weighted by Gasteiger charge is 2.28. The number of carbonyl (C=O) groups is 3. The highest BCUT2D eigenvalue weighted by molar-refractivity contribution is 5.87. The Morgan fingerprint density at radius 1 is 1.20 bits per heavy atom. The quantitative estimate of drug-likeness (QED) is 0.597. The zero-order valence-electron chi connectivity index (χ0n) is 9.27. The fraction of sp³-hybridized carbons (Fsp3) is 0.667. The lowest BCUT2D eigenvalue weighted by Gasteiger charge is -2.23. The Labute approximate surface area is 88.1 Å². The van der Waals surface area contributed by atoms with Crippen LogP contribution >= 0.6 is 0 Å². The van der Waals surface area contributed by atoms with Gasteiger partial charge < -0.3 is 14.4 Å². The maximum absolute atomic E-state index is 11.3. The van der Waals surface area contributed by atoms with Crippen LogP contribution in [0.25, 0.3) is 0 Å². The lowest BCUT2D eigenvalue weighted by Crippen LogP contribution is -2.43. The van der Waals surface area contributed by atoms with Gasteiger partial charge in [-0.15, -0.1) is 0 Å². The van der Waals surface area contributed by atoms with E-state index in [0.29, 0.717) is 0 Å². The van der Waals surface area contributed by atoms with Crippen LogP contribution in [0.3, 0.4) is 0 Å². The topological polar surface area (TPSA) is 72.9 Å². The number of methoxy groups -OCH3 is 2. The summed E-state index contributed by atoms with van der Waals surface area (Å²) in [5, 5.41) is 0. The molecule has 1 amide bonds. The largest absolute Gasteiger partial charge is 0.469 e. The molecule has 0 rings (SSSR count). The van der Waals surface area contributed by atoms with E-state index in [1.165, 1.54) is 28.2 Å². The summed E-state index contributed by atoms with van der Waals surface area (Å²) in [6.45, 7) is 1.30. The Morgan fingerprint density at radius 3 is 2.07 bits per heavy atom. The summed E-state index contributed by atoms with van der Waals surface area (Å²) >= 11 is 0. The van der Waals surface area contributed by atoms with Gasteiger partial charge in [0.2, 0.25) is 5.91 Å². The summed E-state index contributed by atoms with van der Waals surface area (Å²) in [5.74, 6) is -1.54. The first-order chi connectivity index (χ1) is 6.93. The van der Waals surface area contributed by atoms with Crippen molar-refractivity contribution in [1.82, 2.24) is 4.90 Å². The Hall–Kier alpha value is -1.59. The summed E-state index contributed by atoms with van der Waals surface area (Å²) in [5.41, 5.74) is 0. The molecule has 0 aromatic carbocycles. The maximum Gasteiger partial charge on any atom is 0.329 e. The van der Waals surface area contributed by atoms with Crippen molar-refractivity contribution in [2.24, 2.45) is 0 Å². The highest BCUT2D eigenvalue weighted by atomic mass is 16.5. The lowest BCUT2D eigenvalue weighted by molar-refractivity contribution is -0.156. The first-order valence-electron chi connectivity index (χ1n) is 4.32. The van der Waals surface area contributed by atoms with E-state index < -0.39 is 18.0 Å². The standard InChI is InChI=1S/C9H15NO5/c1-6(11)10(2)7(9(13)15-4)5-8(12)14-3/h7H,5H2,1-4H3/t7-/m0/s1. The molecule has 0 bridgehead atoms. The van der Waals surface area contributed by atoms with E-state index in [4.69, 9.17) is 0 Å². The van der Waals surface area contributed by atoms with Crippen LogP contribution in [0.15, 0.2) is 0 Å². The molecule has 0 saturated heterocycles. The Morgan fingerprint density at radius 2 is 1.73 bits per heavy atom. The minimum Gasteiger partial charge on any atom is -0.469 e. The second-order valence-corrected chi connectivity index (χ2v) is 2.95. The molecule has 0 heterocycles. The number of carbonyl (C=O) groups excluding carboxylic acids is 3. The van der Waals surface area contributed by atoms with Crippen molar-refractivity contribution in [2.45, 2.75) is 19.4 Å². The van der Waals surface area contributed by atoms with Gasteiger partial charge in [-0.2, -0.15) is 0 Å². The predicted octanol–water partition coefficient (Wildman–Crippen LogP) is -0.431. The number of rotatable bonds is 4. The highest BCUT2D eigenvalue weighted by Crippen LogP contribution is 2.06. The van der Waals surface area contributed by atoms with Crippen molar-refractivity contribution in [2.75, 3.05) is 21.3 Å². The van der Waals surface area contributed by atoms with E-state index in [1.807, 2.05) is 0 Å². The molecule has 0 fully saturated rings. The van der Waals surface area contributed by atoms with Gasteiger partial charge >= 0.3 is 11.9 Å². The van der Waals surface area contributed by atoms with E-state index in [-0.39, 0.29) is 12.3 Å². The van der Waals surface area contributed by atoms with Gasteiger partial charge in [-0.3, -0.25) is 9.59 Å². The molecule has 0 N–H and O–H groups in total. The first kappa shape index (κ1) is 13.4. The van der Waals surface area contributed by atoms with Crippen LogP contribution in [0.1, 0.15) is 13.3 Å². The smallest absolute Gasteiger partial charge is 0.329 e. The van der Waals surface area contributed by atoms with Crippen LogP contribution in [0.2, 0.25) is 0 Å². The van der Waals surface area contributed by atoms with Gasteiger partial charge in [0.05, 0.1) is 20.6 Å². The van der Waals surface area contributed by atoms with E-state index in [9.17, 15) is 14.4 Å². The maximum atomic E-state index is 11.3. The number of esters is 2. The van der Waals surface area contributed by atoms with Crippen LogP contribution in [-0.2, 0) is 23.9 Å². The summed E-state index contributed by atoms with van der Waals surface area (Å²) in [7, 11) is 3.83. The fourth-order valence-electron chi connectivity index (χ4n) is 0.975. The molecule has 1 atom stereocenters. The number of nitrogens with zero attached hydrogens (tertiary/aromatic N) is 1. The average Bonchev–Trinajstić information content (AvgIpc) is 2.23. The number of hydrogen-bond donors (Lipinski definition) is 0. The van der Waals surface area contributed by atoms with Crippen LogP contribution in [0, 0.1) is 0 Å². The van der Waals surface area contributed by atoms with Gasteiger partial charge in [0.15, 0.2) is 0 Å². The molecule has 0 saturated carbocycles. The van der Waals surface area contributed by atoms with Crippen molar-refractivity contribution < 1.29 is 23.9 Å². The summed E-state index contributed by atoms with van der Waals surface area (Å²) in [4.78, 5) is 34.5. The lowest BCUT2D eigenvalue weighted by atomic mass is 10.2. The molecule has 6 nitrogen and oxygen atoms in total. The van der Waals surface area contributed by atoms with Gasteiger partial charge in [-0.05, 0) is 0 Å². The third kappa shape index (κ3) is 3.97. The zero-order valence-corrected chi connectivity index (χ0v) is 9.27. The van der Waals surface area contributed by atoms with Gasteiger partial charge in [-0.25, -0.2) is 4.79 Å². The Kier molecular flexibility index (Phi) is 5.36. The van der Waals surface area contributed by atoms with E-state index >= 15 is 0 Å². The van der Waals surface area contributed by atoms with Crippen molar-refractivity contribution in [3.05, 3.63) is 0 Å². The van der Waals surface area contributed by atoms with Gasteiger partial charge in [0, 0.05) is 14.0 Å². The van der Waals surface area contributed by atoms with E-state index in [1.54, 1.807) is 0 Å². The molecule has 15 heavy (non-hydrogen) atoms. The number of amides is 1. The second-order valence-electron chi connectivity index (χ2n) is 2.95. The van der Waals surface area contributed by atoms with Gasteiger partial charge in [-0.1, -0.05) is 0 Å². The van der Waals surface area contributed by atoms with Crippen LogP contribution in [-0.4, -0.2) is 50.1 Å². The van der Waals surface area contributed by atoms with Gasteiger partial charge in [0.1, 0.15) is 6.04 Å². The SMILES string of the molecule is COC(=O)C[C@@H](C(=O)OC)N(C)C(C)=O. The number of hydrogen-bond acceptors (Lipinski definition) is 5. The minimum absolute atomic E-state index is 0.209. The Bertz CT molecular complexity index is 263. The summed E-state index contributed by atoms with van der Waals surface area (Å²) in [6, 6.07) is -0.931. The molecule has 0 aliphatic heterocycles. The summed E-state index contributed by atoms with van der Waals surface area (Å²) in [6.07, 6.45) is -0.209. The molecule has 0 spiro atoms. The fourth-order valence-corrected chi connectivity index (χ4v) is 0.975. The molecular formula is C9H15NO5. The molecular weight excluding hydrogens is 202 g/mol.